The van der Waals surface area contributed by atoms with Gasteiger partial charge in [0.1, 0.15) is 0 Å². The number of rotatable bonds is 7. The van der Waals surface area contributed by atoms with Crippen molar-refractivity contribution in [2.75, 3.05) is 20.8 Å². The standard InChI is InChI=1S/C15H19NO4/c1-18-12-7-11(9-17)8-13(19-2)14(12)20-10-15(3-4-15)5-6-16/h7-8,17H,3-5,9-10H2,1-2H3. The van der Waals surface area contributed by atoms with E-state index in [2.05, 4.69) is 6.07 Å². The summed E-state index contributed by atoms with van der Waals surface area (Å²) in [5.41, 5.74) is 0.685. The molecule has 1 aliphatic carbocycles. The van der Waals surface area contributed by atoms with E-state index < -0.39 is 0 Å². The summed E-state index contributed by atoms with van der Waals surface area (Å²) in [4.78, 5) is 0. The zero-order valence-corrected chi connectivity index (χ0v) is 11.8. The highest BCUT2D eigenvalue weighted by Gasteiger charge is 2.43. The molecule has 0 heterocycles. The summed E-state index contributed by atoms with van der Waals surface area (Å²) in [5, 5.41) is 18.0. The van der Waals surface area contributed by atoms with Crippen molar-refractivity contribution in [1.29, 1.82) is 5.26 Å². The number of methoxy groups -OCH3 is 2. The molecular formula is C15H19NO4. The number of nitrogens with zero attached hydrogens (tertiary/aromatic N) is 1. The average Bonchev–Trinajstić information content (AvgIpc) is 3.24. The van der Waals surface area contributed by atoms with Gasteiger partial charge in [-0.05, 0) is 30.5 Å². The van der Waals surface area contributed by atoms with Crippen molar-refractivity contribution in [1.82, 2.24) is 0 Å². The summed E-state index contributed by atoms with van der Waals surface area (Å²) < 4.78 is 16.4. The predicted octanol–water partition coefficient (Wildman–Crippen LogP) is 2.27. The van der Waals surface area contributed by atoms with Crippen molar-refractivity contribution in [3.63, 3.8) is 0 Å². The van der Waals surface area contributed by atoms with Gasteiger partial charge in [0.15, 0.2) is 11.5 Å². The highest BCUT2D eigenvalue weighted by molar-refractivity contribution is 5.53. The molecule has 0 radical (unpaired) electrons. The first-order valence-electron chi connectivity index (χ1n) is 6.53. The number of nitriles is 1. The molecule has 1 aromatic rings. The molecule has 0 atom stereocenters. The molecule has 0 bridgehead atoms. The lowest BCUT2D eigenvalue weighted by Gasteiger charge is -2.18. The van der Waals surface area contributed by atoms with Crippen LogP contribution in [-0.2, 0) is 6.61 Å². The molecule has 20 heavy (non-hydrogen) atoms. The highest BCUT2D eigenvalue weighted by Crippen LogP contribution is 2.50. The van der Waals surface area contributed by atoms with Crippen molar-refractivity contribution in [2.45, 2.75) is 25.9 Å². The van der Waals surface area contributed by atoms with Gasteiger partial charge in [0.25, 0.3) is 0 Å². The minimum absolute atomic E-state index is 0.0135. The molecule has 0 saturated heterocycles. The number of aliphatic hydroxyl groups is 1. The fourth-order valence-corrected chi connectivity index (χ4v) is 2.11. The number of benzene rings is 1. The third-order valence-corrected chi connectivity index (χ3v) is 3.64. The fraction of sp³-hybridized carbons (Fsp3) is 0.533. The molecule has 0 aliphatic heterocycles. The Bertz CT molecular complexity index is 492. The second-order valence-corrected chi connectivity index (χ2v) is 5.11. The van der Waals surface area contributed by atoms with Crippen molar-refractivity contribution in [3.05, 3.63) is 17.7 Å². The fourth-order valence-electron chi connectivity index (χ4n) is 2.11. The molecule has 1 aliphatic rings. The van der Waals surface area contributed by atoms with E-state index in [1.807, 2.05) is 0 Å². The third-order valence-electron chi connectivity index (χ3n) is 3.64. The van der Waals surface area contributed by atoms with Crippen molar-refractivity contribution < 1.29 is 19.3 Å². The molecule has 5 nitrogen and oxygen atoms in total. The normalized spacial score (nSPS) is 15.3. The monoisotopic (exact) mass is 277 g/mol. The van der Waals surface area contributed by atoms with Gasteiger partial charge in [-0.2, -0.15) is 5.26 Å². The van der Waals surface area contributed by atoms with Gasteiger partial charge in [-0.15, -0.1) is 0 Å². The molecule has 1 saturated carbocycles. The molecule has 0 aromatic heterocycles. The van der Waals surface area contributed by atoms with Gasteiger partial charge in [0.05, 0.1) is 33.5 Å². The second-order valence-electron chi connectivity index (χ2n) is 5.11. The minimum Gasteiger partial charge on any atom is -0.493 e. The van der Waals surface area contributed by atoms with Crippen LogP contribution in [0.1, 0.15) is 24.8 Å². The van der Waals surface area contributed by atoms with Crippen LogP contribution in [0.4, 0.5) is 0 Å². The van der Waals surface area contributed by atoms with Crippen LogP contribution in [0.5, 0.6) is 17.2 Å². The van der Waals surface area contributed by atoms with E-state index in [4.69, 9.17) is 19.5 Å². The molecule has 0 unspecified atom stereocenters. The molecule has 0 amide bonds. The highest BCUT2D eigenvalue weighted by atomic mass is 16.5. The lowest BCUT2D eigenvalue weighted by atomic mass is 10.1. The van der Waals surface area contributed by atoms with Gasteiger partial charge < -0.3 is 19.3 Å². The van der Waals surface area contributed by atoms with Gasteiger partial charge in [-0.1, -0.05) is 0 Å². The van der Waals surface area contributed by atoms with Crippen LogP contribution in [-0.4, -0.2) is 25.9 Å². The van der Waals surface area contributed by atoms with Crippen LogP contribution in [0.3, 0.4) is 0 Å². The Morgan fingerprint density at radius 2 is 1.85 bits per heavy atom. The lowest BCUT2D eigenvalue weighted by Crippen LogP contribution is -2.13. The summed E-state index contributed by atoms with van der Waals surface area (Å²) >= 11 is 0. The Kier molecular flexibility index (Phi) is 4.35. The van der Waals surface area contributed by atoms with Crippen molar-refractivity contribution in [3.8, 4) is 23.3 Å². The minimum atomic E-state index is -0.0919. The zero-order valence-electron chi connectivity index (χ0n) is 11.8. The number of hydrogen-bond donors (Lipinski definition) is 1. The largest absolute Gasteiger partial charge is 0.493 e. The zero-order chi connectivity index (χ0) is 14.6. The van der Waals surface area contributed by atoms with E-state index in [1.54, 1.807) is 26.4 Å². The Labute approximate surface area is 118 Å². The first-order chi connectivity index (χ1) is 9.68. The SMILES string of the molecule is COc1cc(CO)cc(OC)c1OCC1(CC#N)CC1. The predicted molar refractivity (Wildman–Crippen MR) is 72.9 cm³/mol. The van der Waals surface area contributed by atoms with Crippen LogP contribution >= 0.6 is 0 Å². The molecule has 1 aromatic carbocycles. The maximum atomic E-state index is 9.22. The maximum absolute atomic E-state index is 9.22. The first-order valence-corrected chi connectivity index (χ1v) is 6.53. The molecule has 2 rings (SSSR count). The smallest absolute Gasteiger partial charge is 0.203 e. The lowest BCUT2D eigenvalue weighted by molar-refractivity contribution is 0.216. The van der Waals surface area contributed by atoms with Gasteiger partial charge in [0, 0.05) is 11.8 Å². The molecule has 108 valence electrons. The van der Waals surface area contributed by atoms with E-state index >= 15 is 0 Å². The van der Waals surface area contributed by atoms with Crippen molar-refractivity contribution in [2.24, 2.45) is 5.41 Å². The quantitative estimate of drug-likeness (QED) is 0.827. The van der Waals surface area contributed by atoms with Crippen LogP contribution < -0.4 is 14.2 Å². The van der Waals surface area contributed by atoms with Crippen LogP contribution in [0.25, 0.3) is 0 Å². The van der Waals surface area contributed by atoms with Gasteiger partial charge >= 0.3 is 0 Å². The topological polar surface area (TPSA) is 71.7 Å². The molecule has 1 N–H and O–H groups in total. The average molecular weight is 277 g/mol. The summed E-state index contributed by atoms with van der Waals surface area (Å²) in [6.45, 7) is 0.386. The van der Waals surface area contributed by atoms with Gasteiger partial charge in [-0.25, -0.2) is 0 Å². The Morgan fingerprint density at radius 1 is 1.25 bits per heavy atom. The second kappa shape index (κ2) is 6.02. The molecule has 5 heteroatoms. The molecular weight excluding hydrogens is 258 g/mol. The maximum Gasteiger partial charge on any atom is 0.203 e. The number of ether oxygens (including phenoxy) is 3. The number of aliphatic hydroxyl groups excluding tert-OH is 1. The summed E-state index contributed by atoms with van der Waals surface area (Å²) in [6, 6.07) is 5.65. The van der Waals surface area contributed by atoms with E-state index in [1.165, 1.54) is 0 Å². The summed E-state index contributed by atoms with van der Waals surface area (Å²) in [6.07, 6.45) is 2.53. The molecule has 0 spiro atoms. The van der Waals surface area contributed by atoms with E-state index in [-0.39, 0.29) is 12.0 Å². The third kappa shape index (κ3) is 2.97. The first kappa shape index (κ1) is 14.5. The van der Waals surface area contributed by atoms with Gasteiger partial charge in [-0.3, -0.25) is 0 Å². The Morgan fingerprint density at radius 3 is 2.25 bits per heavy atom. The van der Waals surface area contributed by atoms with Crippen LogP contribution in [0.15, 0.2) is 12.1 Å². The van der Waals surface area contributed by atoms with E-state index in [0.717, 1.165) is 12.8 Å². The van der Waals surface area contributed by atoms with Crippen molar-refractivity contribution >= 4 is 0 Å². The molecule has 1 fully saturated rings. The van der Waals surface area contributed by atoms with E-state index in [9.17, 15) is 5.11 Å². The van der Waals surface area contributed by atoms with Crippen LogP contribution in [0, 0.1) is 16.7 Å². The summed E-state index contributed by atoms with van der Waals surface area (Å²) in [5.74, 6) is 1.58. The Hall–Kier alpha value is -1.93. The van der Waals surface area contributed by atoms with Gasteiger partial charge in [0.2, 0.25) is 5.75 Å². The number of hydrogen-bond acceptors (Lipinski definition) is 5. The van der Waals surface area contributed by atoms with Crippen LogP contribution in [0.2, 0.25) is 0 Å². The van der Waals surface area contributed by atoms with E-state index in [0.29, 0.717) is 35.8 Å². The Balaban J connectivity index is 2.19. The summed E-state index contributed by atoms with van der Waals surface area (Å²) in [7, 11) is 3.09.